The smallest absolute Gasteiger partial charge is 0.334 e. The van der Waals surface area contributed by atoms with E-state index in [1.165, 1.54) is 6.92 Å². The number of ether oxygens (including phenoxy) is 2. The highest BCUT2D eigenvalue weighted by atomic mass is 16.6. The monoisotopic (exact) mass is 362 g/mol. The van der Waals surface area contributed by atoms with Crippen LogP contribution in [0.15, 0.2) is 11.6 Å². The highest BCUT2D eigenvalue weighted by molar-refractivity contribution is 6.01. The molecule has 1 saturated heterocycles. The SMILES string of the molecule is CC(=O)OC[C@@]12C(=O)CC[C@@H]1C=C1C(=O)O[C@H]3C[C@@](C)(O)CC(=O)[C@@H]2[C@@H]13. The zero-order chi connectivity index (χ0) is 18.9. The maximum atomic E-state index is 13.2. The Balaban J connectivity index is 1.88. The van der Waals surface area contributed by atoms with E-state index in [0.29, 0.717) is 12.0 Å². The van der Waals surface area contributed by atoms with Gasteiger partial charge in [-0.15, -0.1) is 0 Å². The molecule has 0 bridgehead atoms. The molecule has 0 aromatic carbocycles. The summed E-state index contributed by atoms with van der Waals surface area (Å²) in [5.41, 5.74) is -2.04. The number of esters is 2. The first-order valence-corrected chi connectivity index (χ1v) is 9.00. The number of ketones is 2. The third-order valence-electron chi connectivity index (χ3n) is 6.47. The molecule has 0 aromatic rings. The predicted molar refractivity (Wildman–Crippen MR) is 86.6 cm³/mol. The second-order valence-corrected chi connectivity index (χ2v) is 8.30. The van der Waals surface area contributed by atoms with E-state index in [2.05, 4.69) is 0 Å². The summed E-state index contributed by atoms with van der Waals surface area (Å²) in [6, 6.07) is 0. The Morgan fingerprint density at radius 3 is 2.81 bits per heavy atom. The lowest BCUT2D eigenvalue weighted by atomic mass is 9.56. The first-order chi connectivity index (χ1) is 12.2. The number of allylic oxidation sites excluding steroid dienone is 1. The molecule has 1 N–H and O–H groups in total. The lowest BCUT2D eigenvalue weighted by Gasteiger charge is -2.44. The van der Waals surface area contributed by atoms with Crippen LogP contribution in [0.25, 0.3) is 0 Å². The molecule has 3 aliphatic carbocycles. The summed E-state index contributed by atoms with van der Waals surface area (Å²) in [5.74, 6) is -3.10. The van der Waals surface area contributed by atoms with Crippen LogP contribution in [0.1, 0.15) is 39.5 Å². The molecule has 6 atom stereocenters. The fourth-order valence-corrected chi connectivity index (χ4v) is 5.49. The van der Waals surface area contributed by atoms with Gasteiger partial charge in [-0.3, -0.25) is 14.4 Å². The number of aliphatic hydroxyl groups is 1. The van der Waals surface area contributed by atoms with Gasteiger partial charge in [0.05, 0.1) is 11.0 Å². The minimum Gasteiger partial charge on any atom is -0.465 e. The number of hydrogen-bond acceptors (Lipinski definition) is 7. The number of carbonyl (C=O) groups is 4. The third-order valence-corrected chi connectivity index (χ3v) is 6.47. The van der Waals surface area contributed by atoms with Crippen molar-refractivity contribution < 1.29 is 33.8 Å². The fourth-order valence-electron chi connectivity index (χ4n) is 5.49. The van der Waals surface area contributed by atoms with Crippen molar-refractivity contribution in [3.63, 3.8) is 0 Å². The van der Waals surface area contributed by atoms with Gasteiger partial charge in [0.15, 0.2) is 0 Å². The van der Waals surface area contributed by atoms with Crippen molar-refractivity contribution in [2.45, 2.75) is 51.2 Å². The Morgan fingerprint density at radius 2 is 2.12 bits per heavy atom. The van der Waals surface area contributed by atoms with Crippen LogP contribution >= 0.6 is 0 Å². The standard InChI is InChI=1S/C19H22O7/c1-9(20)25-8-19-10(3-4-14(19)22)5-11-15-13(26-17(11)23)7-18(2,24)6-12(21)16(15)19/h5,10,13,15-16,24H,3-4,6-8H2,1-2H3/t10-,13+,15+,16-,18+,19+/m1/s1. The van der Waals surface area contributed by atoms with Crippen molar-refractivity contribution in [1.82, 2.24) is 0 Å². The molecule has 26 heavy (non-hydrogen) atoms. The van der Waals surface area contributed by atoms with Crippen LogP contribution in [0.3, 0.4) is 0 Å². The van der Waals surface area contributed by atoms with Gasteiger partial charge < -0.3 is 14.6 Å². The molecule has 0 radical (unpaired) electrons. The molecular weight excluding hydrogens is 340 g/mol. The predicted octanol–water partition coefficient (Wildman–Crippen LogP) is 0.727. The van der Waals surface area contributed by atoms with Crippen LogP contribution in [0.4, 0.5) is 0 Å². The summed E-state index contributed by atoms with van der Waals surface area (Å²) in [6.07, 6.45) is 1.92. The van der Waals surface area contributed by atoms with Crippen molar-refractivity contribution >= 4 is 23.5 Å². The van der Waals surface area contributed by atoms with Crippen LogP contribution in [0, 0.1) is 23.2 Å². The van der Waals surface area contributed by atoms with Crippen molar-refractivity contribution in [3.05, 3.63) is 11.6 Å². The zero-order valence-electron chi connectivity index (χ0n) is 14.8. The van der Waals surface area contributed by atoms with Gasteiger partial charge in [-0.2, -0.15) is 0 Å². The number of carbonyl (C=O) groups excluding carboxylic acids is 4. The molecule has 0 spiro atoms. The highest BCUT2D eigenvalue weighted by Crippen LogP contribution is 2.59. The lowest BCUT2D eigenvalue weighted by Crippen LogP contribution is -2.53. The molecule has 0 aromatic heterocycles. The van der Waals surface area contributed by atoms with E-state index < -0.39 is 40.9 Å². The molecule has 7 nitrogen and oxygen atoms in total. The maximum Gasteiger partial charge on any atom is 0.334 e. The Labute approximate surface area is 150 Å². The second kappa shape index (κ2) is 5.49. The van der Waals surface area contributed by atoms with Crippen molar-refractivity contribution in [3.8, 4) is 0 Å². The van der Waals surface area contributed by atoms with Crippen molar-refractivity contribution in [2.75, 3.05) is 6.61 Å². The lowest BCUT2D eigenvalue weighted by molar-refractivity contribution is -0.157. The van der Waals surface area contributed by atoms with Gasteiger partial charge in [0.2, 0.25) is 0 Å². The van der Waals surface area contributed by atoms with E-state index in [0.717, 1.165) is 0 Å². The van der Waals surface area contributed by atoms with Crippen molar-refractivity contribution in [2.24, 2.45) is 23.2 Å². The summed E-state index contributed by atoms with van der Waals surface area (Å²) in [5, 5.41) is 10.6. The van der Waals surface area contributed by atoms with Gasteiger partial charge >= 0.3 is 11.9 Å². The first kappa shape index (κ1) is 17.4. The van der Waals surface area contributed by atoms with Gasteiger partial charge in [0.25, 0.3) is 0 Å². The quantitative estimate of drug-likeness (QED) is 0.722. The second-order valence-electron chi connectivity index (χ2n) is 8.30. The summed E-state index contributed by atoms with van der Waals surface area (Å²) in [6.45, 7) is 2.63. The van der Waals surface area contributed by atoms with Crippen LogP contribution in [-0.2, 0) is 28.7 Å². The Hall–Kier alpha value is -2.02. The van der Waals surface area contributed by atoms with E-state index in [1.807, 2.05) is 0 Å². The highest BCUT2D eigenvalue weighted by Gasteiger charge is 2.67. The molecule has 4 aliphatic rings. The largest absolute Gasteiger partial charge is 0.465 e. The fraction of sp³-hybridized carbons (Fsp3) is 0.684. The molecule has 140 valence electrons. The van der Waals surface area contributed by atoms with Crippen LogP contribution in [0.2, 0.25) is 0 Å². The number of fused-ring (bicyclic) bond motifs is 2. The molecule has 7 heteroatoms. The molecule has 1 heterocycles. The van der Waals surface area contributed by atoms with Gasteiger partial charge in [-0.25, -0.2) is 4.79 Å². The summed E-state index contributed by atoms with van der Waals surface area (Å²) in [7, 11) is 0. The van der Waals surface area contributed by atoms with Gasteiger partial charge in [0.1, 0.15) is 24.3 Å². The van der Waals surface area contributed by atoms with Crippen molar-refractivity contribution in [1.29, 1.82) is 0 Å². The maximum absolute atomic E-state index is 13.2. The van der Waals surface area contributed by atoms with Crippen LogP contribution < -0.4 is 0 Å². The number of hydrogen-bond donors (Lipinski definition) is 1. The normalized spacial score (nSPS) is 44.0. The average Bonchev–Trinajstić information content (AvgIpc) is 2.97. The van der Waals surface area contributed by atoms with Gasteiger partial charge in [-0.05, 0) is 19.3 Å². The molecule has 0 amide bonds. The minimum absolute atomic E-state index is 0.114. The van der Waals surface area contributed by atoms with E-state index in [-0.39, 0.29) is 43.4 Å². The molecule has 1 aliphatic heterocycles. The Bertz CT molecular complexity index is 749. The van der Waals surface area contributed by atoms with Gasteiger partial charge in [0, 0.05) is 43.6 Å². The van der Waals surface area contributed by atoms with E-state index in [9.17, 15) is 24.3 Å². The number of rotatable bonds is 2. The summed E-state index contributed by atoms with van der Waals surface area (Å²) >= 11 is 0. The zero-order valence-corrected chi connectivity index (χ0v) is 14.8. The summed E-state index contributed by atoms with van der Waals surface area (Å²) < 4.78 is 10.7. The molecule has 2 saturated carbocycles. The minimum atomic E-state index is -1.31. The van der Waals surface area contributed by atoms with E-state index >= 15 is 0 Å². The first-order valence-electron chi connectivity index (χ1n) is 9.00. The Morgan fingerprint density at radius 1 is 1.38 bits per heavy atom. The third kappa shape index (κ3) is 2.29. The van der Waals surface area contributed by atoms with Crippen LogP contribution in [-0.4, -0.2) is 46.9 Å². The Kier molecular flexibility index (Phi) is 3.67. The van der Waals surface area contributed by atoms with Crippen LogP contribution in [0.5, 0.6) is 0 Å². The molecule has 0 unspecified atom stereocenters. The molecular formula is C19H22O7. The number of Topliss-reactive ketones (excluding diaryl/α,β-unsaturated/α-hetero) is 2. The van der Waals surface area contributed by atoms with Gasteiger partial charge in [-0.1, -0.05) is 6.08 Å². The summed E-state index contributed by atoms with van der Waals surface area (Å²) in [4.78, 5) is 50.0. The molecule has 3 fully saturated rings. The van der Waals surface area contributed by atoms with E-state index in [4.69, 9.17) is 9.47 Å². The van der Waals surface area contributed by atoms with E-state index in [1.54, 1.807) is 13.0 Å². The topological polar surface area (TPSA) is 107 Å². The molecule has 4 rings (SSSR count). The average molecular weight is 362 g/mol.